The van der Waals surface area contributed by atoms with E-state index in [0.29, 0.717) is 17.9 Å². The quantitative estimate of drug-likeness (QED) is 0.653. The number of sulfonamides is 1. The average Bonchev–Trinajstić information content (AvgIpc) is 3.17. The van der Waals surface area contributed by atoms with Crippen molar-refractivity contribution < 1.29 is 12.9 Å². The maximum Gasteiger partial charge on any atom is 0.258 e. The molecule has 3 aromatic rings. The molecule has 0 atom stereocenters. The molecule has 0 bridgehead atoms. The molecule has 0 aliphatic carbocycles. The van der Waals surface area contributed by atoms with E-state index in [1.165, 1.54) is 4.31 Å². The third-order valence-electron chi connectivity index (χ3n) is 4.36. The van der Waals surface area contributed by atoms with Gasteiger partial charge >= 0.3 is 0 Å². The van der Waals surface area contributed by atoms with E-state index in [1.807, 2.05) is 38.1 Å². The van der Waals surface area contributed by atoms with Crippen LogP contribution in [0.4, 0.5) is 0 Å². The van der Waals surface area contributed by atoms with Crippen molar-refractivity contribution in [2.24, 2.45) is 5.73 Å². The lowest BCUT2D eigenvalue weighted by molar-refractivity contribution is 0.410. The molecule has 2 aromatic carbocycles. The van der Waals surface area contributed by atoms with Crippen LogP contribution < -0.4 is 5.73 Å². The number of benzene rings is 2. The molecule has 0 aliphatic heterocycles. The van der Waals surface area contributed by atoms with Crippen LogP contribution in [-0.4, -0.2) is 36.0 Å². The van der Waals surface area contributed by atoms with Gasteiger partial charge in [0, 0.05) is 30.8 Å². The molecule has 0 spiro atoms. The highest BCUT2D eigenvalue weighted by Gasteiger charge is 2.24. The summed E-state index contributed by atoms with van der Waals surface area (Å²) in [4.78, 5) is 4.58. The molecule has 7 nitrogen and oxygen atoms in total. The van der Waals surface area contributed by atoms with Crippen LogP contribution in [0.1, 0.15) is 19.4 Å². The van der Waals surface area contributed by atoms with Crippen LogP contribution in [0.2, 0.25) is 0 Å². The minimum Gasteiger partial charge on any atom is -0.334 e. The monoisotopic (exact) mass is 422 g/mol. The average molecular weight is 423 g/mol. The summed E-state index contributed by atoms with van der Waals surface area (Å²) in [5.74, 6) is 0.693. The summed E-state index contributed by atoms with van der Waals surface area (Å²) in [6, 6.07) is 13.9. The molecule has 0 amide bonds. The fourth-order valence-corrected chi connectivity index (χ4v) is 3.90. The van der Waals surface area contributed by atoms with Crippen molar-refractivity contribution in [3.63, 3.8) is 0 Å². The minimum absolute atomic E-state index is 0. The molecule has 0 aliphatic rings. The van der Waals surface area contributed by atoms with Crippen molar-refractivity contribution in [2.75, 3.05) is 7.05 Å². The van der Waals surface area contributed by atoms with Crippen molar-refractivity contribution in [1.29, 1.82) is 0 Å². The van der Waals surface area contributed by atoms with Crippen molar-refractivity contribution in [1.82, 2.24) is 14.4 Å². The topological polar surface area (TPSA) is 102 Å². The lowest BCUT2D eigenvalue weighted by Crippen LogP contribution is -2.33. The van der Waals surface area contributed by atoms with Crippen molar-refractivity contribution >= 4 is 22.4 Å². The third-order valence-corrected chi connectivity index (χ3v) is 6.39. The normalized spacial score (nSPS) is 11.6. The van der Waals surface area contributed by atoms with E-state index in [0.717, 1.165) is 11.1 Å². The Kier molecular flexibility index (Phi) is 6.95. The Balaban J connectivity index is 0.00000280. The second kappa shape index (κ2) is 8.83. The van der Waals surface area contributed by atoms with Crippen molar-refractivity contribution in [2.45, 2.75) is 31.3 Å². The molecular formula is C19H23ClN4O3S. The van der Waals surface area contributed by atoms with Crippen LogP contribution in [0.25, 0.3) is 22.8 Å². The summed E-state index contributed by atoms with van der Waals surface area (Å²) in [5.41, 5.74) is 7.96. The summed E-state index contributed by atoms with van der Waals surface area (Å²) >= 11 is 0. The number of aromatic nitrogens is 2. The number of rotatable bonds is 6. The first-order valence-corrected chi connectivity index (χ1v) is 9.98. The van der Waals surface area contributed by atoms with Gasteiger partial charge in [-0.25, -0.2) is 8.42 Å². The second-order valence-corrected chi connectivity index (χ2v) is 8.46. The first kappa shape index (κ1) is 22.0. The molecule has 3 rings (SSSR count). The van der Waals surface area contributed by atoms with Gasteiger partial charge in [-0.2, -0.15) is 9.29 Å². The Morgan fingerprint density at radius 2 is 1.79 bits per heavy atom. The van der Waals surface area contributed by atoms with Gasteiger partial charge in [0.15, 0.2) is 0 Å². The van der Waals surface area contributed by atoms with Crippen LogP contribution in [0.3, 0.4) is 0 Å². The van der Waals surface area contributed by atoms with Gasteiger partial charge in [0.1, 0.15) is 0 Å². The van der Waals surface area contributed by atoms with E-state index in [1.54, 1.807) is 31.3 Å². The molecule has 0 radical (unpaired) electrons. The fraction of sp³-hybridized carbons (Fsp3) is 0.263. The molecule has 0 unspecified atom stereocenters. The summed E-state index contributed by atoms with van der Waals surface area (Å²) in [7, 11) is -2.03. The van der Waals surface area contributed by atoms with Gasteiger partial charge in [0.25, 0.3) is 5.89 Å². The molecule has 2 N–H and O–H groups in total. The van der Waals surface area contributed by atoms with Crippen LogP contribution in [0.15, 0.2) is 57.9 Å². The van der Waals surface area contributed by atoms with Crippen LogP contribution in [0, 0.1) is 0 Å². The predicted octanol–water partition coefficient (Wildman–Crippen LogP) is 3.31. The zero-order chi connectivity index (χ0) is 19.6. The zero-order valence-electron chi connectivity index (χ0n) is 15.9. The highest BCUT2D eigenvalue weighted by atomic mass is 35.5. The van der Waals surface area contributed by atoms with E-state index in [4.69, 9.17) is 10.3 Å². The van der Waals surface area contributed by atoms with Crippen molar-refractivity contribution in [3.8, 4) is 22.8 Å². The Morgan fingerprint density at radius 3 is 2.39 bits per heavy atom. The molecule has 28 heavy (non-hydrogen) atoms. The van der Waals surface area contributed by atoms with E-state index in [9.17, 15) is 8.42 Å². The molecule has 9 heteroatoms. The van der Waals surface area contributed by atoms with Crippen LogP contribution in [-0.2, 0) is 16.6 Å². The fourth-order valence-electron chi connectivity index (χ4n) is 2.48. The molecule has 0 fully saturated rings. The molecule has 0 saturated heterocycles. The number of hydrogen-bond acceptors (Lipinski definition) is 6. The van der Waals surface area contributed by atoms with Gasteiger partial charge < -0.3 is 10.3 Å². The smallest absolute Gasteiger partial charge is 0.258 e. The number of hydrogen-bond donors (Lipinski definition) is 1. The van der Waals surface area contributed by atoms with Crippen LogP contribution in [0.5, 0.6) is 0 Å². The van der Waals surface area contributed by atoms with E-state index < -0.39 is 10.0 Å². The van der Waals surface area contributed by atoms with Crippen molar-refractivity contribution in [3.05, 3.63) is 54.1 Å². The summed E-state index contributed by atoms with van der Waals surface area (Å²) in [5, 5.41) is 4.00. The maximum absolute atomic E-state index is 12.7. The number of nitrogens with zero attached hydrogens (tertiary/aromatic N) is 3. The summed E-state index contributed by atoms with van der Waals surface area (Å²) < 4.78 is 32.1. The van der Waals surface area contributed by atoms with Gasteiger partial charge in [-0.3, -0.25) is 0 Å². The van der Waals surface area contributed by atoms with Crippen LogP contribution >= 0.6 is 12.4 Å². The van der Waals surface area contributed by atoms with Gasteiger partial charge in [0.2, 0.25) is 15.8 Å². The Bertz CT molecular complexity index is 1030. The number of halogens is 1. The van der Waals surface area contributed by atoms with Gasteiger partial charge in [-0.15, -0.1) is 12.4 Å². The van der Waals surface area contributed by atoms with Gasteiger partial charge in [0.05, 0.1) is 4.90 Å². The first-order valence-electron chi connectivity index (χ1n) is 8.54. The Morgan fingerprint density at radius 1 is 1.11 bits per heavy atom. The molecule has 1 heterocycles. The van der Waals surface area contributed by atoms with E-state index >= 15 is 0 Å². The standard InChI is InChI=1S/C19H22N4O3S.ClH/c1-13(2)23(3)27(24,25)17-6-4-5-16(11-17)19-21-18(22-26-19)15-9-7-14(12-20)8-10-15;/h4-11,13H,12,20H2,1-3H3;1H. The Hall–Kier alpha value is -2.26. The Labute approximate surface area is 171 Å². The lowest BCUT2D eigenvalue weighted by Gasteiger charge is -2.21. The predicted molar refractivity (Wildman–Crippen MR) is 110 cm³/mol. The summed E-state index contributed by atoms with van der Waals surface area (Å²) in [6.07, 6.45) is 0. The highest BCUT2D eigenvalue weighted by molar-refractivity contribution is 7.89. The summed E-state index contributed by atoms with van der Waals surface area (Å²) in [6.45, 7) is 4.10. The van der Waals surface area contributed by atoms with E-state index in [-0.39, 0.29) is 29.2 Å². The zero-order valence-corrected chi connectivity index (χ0v) is 17.5. The van der Waals surface area contributed by atoms with E-state index in [2.05, 4.69) is 10.1 Å². The molecule has 150 valence electrons. The van der Waals surface area contributed by atoms with Gasteiger partial charge in [-0.05, 0) is 37.6 Å². The molecular weight excluding hydrogens is 400 g/mol. The largest absolute Gasteiger partial charge is 0.334 e. The second-order valence-electron chi connectivity index (χ2n) is 6.47. The third kappa shape index (κ3) is 4.41. The first-order chi connectivity index (χ1) is 12.8. The highest BCUT2D eigenvalue weighted by Crippen LogP contribution is 2.26. The van der Waals surface area contributed by atoms with Gasteiger partial charge in [-0.1, -0.05) is 35.5 Å². The molecule has 1 aromatic heterocycles. The SMILES string of the molecule is CC(C)N(C)S(=O)(=O)c1cccc(-c2nc(-c3ccc(CN)cc3)no2)c1.Cl. The minimum atomic E-state index is -3.59. The molecule has 0 saturated carbocycles. The maximum atomic E-state index is 12.7. The lowest BCUT2D eigenvalue weighted by atomic mass is 10.1. The number of nitrogens with two attached hydrogens (primary N) is 1.